The van der Waals surface area contributed by atoms with Gasteiger partial charge in [0.25, 0.3) is 0 Å². The van der Waals surface area contributed by atoms with Crippen LogP contribution in [0.15, 0.2) is 66.7 Å². The molecule has 0 saturated heterocycles. The fraction of sp³-hybridized carbons (Fsp3) is 0.481. The molecule has 0 N–H and O–H groups in total. The molecule has 306 valence electrons. The zero-order valence-electron chi connectivity index (χ0n) is 36.5. The van der Waals surface area contributed by atoms with Crippen LogP contribution < -0.4 is 19.8 Å². The summed E-state index contributed by atoms with van der Waals surface area (Å²) in [5, 5.41) is 5.58. The molecule has 0 aliphatic carbocycles. The van der Waals surface area contributed by atoms with Crippen LogP contribution in [0.2, 0.25) is 12.1 Å². The number of hydrogen-bond acceptors (Lipinski definition) is 2. The Morgan fingerprint density at radius 1 is 0.534 bits per heavy atom. The SMILES string of the molecule is C#Cc1ccc2c(c1)c1cc(C#Cc3cc4c(cc3OC)-c3cc(OC)ccc3[Si]4(CCCCCCCC)CCCCCCCC)ccc1n2CCCCCCCC. The first kappa shape index (κ1) is 43.2. The van der Waals surface area contributed by atoms with E-state index in [9.17, 15) is 0 Å². The van der Waals surface area contributed by atoms with Gasteiger partial charge in [-0.3, -0.25) is 0 Å². The molecule has 2 heterocycles. The van der Waals surface area contributed by atoms with Crippen LogP contribution in [0, 0.1) is 24.2 Å². The molecule has 0 unspecified atom stereocenters. The molecule has 0 atom stereocenters. The van der Waals surface area contributed by atoms with Gasteiger partial charge in [0, 0.05) is 39.5 Å². The van der Waals surface area contributed by atoms with Crippen molar-refractivity contribution in [3.8, 4) is 46.8 Å². The molecule has 1 aliphatic heterocycles. The quantitative estimate of drug-likeness (QED) is 0.0374. The van der Waals surface area contributed by atoms with Gasteiger partial charge >= 0.3 is 0 Å². The first-order valence-electron chi connectivity index (χ1n) is 23.0. The Morgan fingerprint density at radius 2 is 1.09 bits per heavy atom. The molecule has 0 bridgehead atoms. The van der Waals surface area contributed by atoms with E-state index in [-0.39, 0.29) is 0 Å². The number of aromatic nitrogens is 1. The van der Waals surface area contributed by atoms with Crippen LogP contribution in [-0.2, 0) is 6.54 Å². The van der Waals surface area contributed by atoms with Gasteiger partial charge in [-0.25, -0.2) is 0 Å². The average Bonchev–Trinajstić information content (AvgIpc) is 3.70. The second kappa shape index (κ2) is 21.6. The number of hydrogen-bond donors (Lipinski definition) is 0. The maximum atomic E-state index is 6.16. The number of benzene rings is 4. The molecule has 6 rings (SSSR count). The summed E-state index contributed by atoms with van der Waals surface area (Å²) in [4.78, 5) is 0. The number of rotatable bonds is 23. The van der Waals surface area contributed by atoms with E-state index in [2.05, 4.69) is 110 Å². The van der Waals surface area contributed by atoms with Crippen molar-refractivity contribution in [1.29, 1.82) is 0 Å². The number of unbranched alkanes of at least 4 members (excludes halogenated alkanes) is 15. The van der Waals surface area contributed by atoms with Gasteiger partial charge < -0.3 is 14.0 Å². The van der Waals surface area contributed by atoms with Crippen LogP contribution >= 0.6 is 0 Å². The van der Waals surface area contributed by atoms with Crippen molar-refractivity contribution in [1.82, 2.24) is 4.57 Å². The highest BCUT2D eigenvalue weighted by Crippen LogP contribution is 2.40. The van der Waals surface area contributed by atoms with E-state index in [1.54, 1.807) is 24.6 Å². The zero-order valence-corrected chi connectivity index (χ0v) is 37.5. The minimum Gasteiger partial charge on any atom is -0.497 e. The summed E-state index contributed by atoms with van der Waals surface area (Å²) >= 11 is 0. The van der Waals surface area contributed by atoms with Crippen LogP contribution in [0.3, 0.4) is 0 Å². The Kier molecular flexibility index (Phi) is 16.1. The normalized spacial score (nSPS) is 12.6. The number of aryl methyl sites for hydroxylation is 1. The number of nitrogens with zero attached hydrogens (tertiary/aromatic N) is 1. The van der Waals surface area contributed by atoms with Gasteiger partial charge in [-0.15, -0.1) is 6.42 Å². The van der Waals surface area contributed by atoms with Gasteiger partial charge in [-0.05, 0) is 101 Å². The Labute approximate surface area is 352 Å². The van der Waals surface area contributed by atoms with E-state index in [0.717, 1.165) is 34.7 Å². The summed E-state index contributed by atoms with van der Waals surface area (Å²) in [6.45, 7) is 7.91. The molecule has 0 radical (unpaired) electrons. The lowest BCUT2D eigenvalue weighted by atomic mass is 10.0. The summed E-state index contributed by atoms with van der Waals surface area (Å²) in [7, 11) is 1.46. The second-order valence-corrected chi connectivity index (χ2v) is 21.1. The van der Waals surface area contributed by atoms with Gasteiger partial charge in [0.05, 0.1) is 19.8 Å². The third kappa shape index (κ3) is 9.89. The fourth-order valence-corrected chi connectivity index (χ4v) is 15.3. The van der Waals surface area contributed by atoms with Crippen molar-refractivity contribution in [2.75, 3.05) is 14.2 Å². The Hall–Kier alpha value is -4.38. The van der Waals surface area contributed by atoms with Crippen LogP contribution in [0.1, 0.15) is 153 Å². The maximum absolute atomic E-state index is 6.16. The van der Waals surface area contributed by atoms with Gasteiger partial charge in [0.2, 0.25) is 0 Å². The zero-order chi connectivity index (χ0) is 40.7. The number of fused-ring (bicyclic) bond motifs is 6. The van der Waals surface area contributed by atoms with Crippen molar-refractivity contribution in [3.63, 3.8) is 0 Å². The van der Waals surface area contributed by atoms with E-state index >= 15 is 0 Å². The molecule has 58 heavy (non-hydrogen) atoms. The van der Waals surface area contributed by atoms with Crippen LogP contribution in [0.25, 0.3) is 32.9 Å². The molecule has 4 heteroatoms. The highest BCUT2D eigenvalue weighted by Gasteiger charge is 2.45. The van der Waals surface area contributed by atoms with Crippen LogP contribution in [0.5, 0.6) is 11.5 Å². The second-order valence-electron chi connectivity index (χ2n) is 16.9. The molecule has 4 aromatic carbocycles. The maximum Gasteiger partial charge on any atom is 0.135 e. The summed E-state index contributed by atoms with van der Waals surface area (Å²) in [6, 6.07) is 27.5. The first-order valence-corrected chi connectivity index (χ1v) is 25.4. The standard InChI is InChI=1S/C54H69NO2Si/c1-7-11-14-17-20-23-34-55-50-31-27-42(10-4)37-46(50)47-38-43(28-32-51(47)55)26-29-44-39-54-49(41-52(44)57-6)48-40-45(56-5)30-33-53(48)58(54,35-24-21-18-15-12-8-2)36-25-22-19-16-13-9-3/h4,27-28,30-33,37-41H,7-9,11-25,34-36H2,1-3,5-6H3. The lowest BCUT2D eigenvalue weighted by Gasteiger charge is -2.31. The van der Waals surface area contributed by atoms with E-state index in [1.165, 1.54) is 161 Å². The van der Waals surface area contributed by atoms with E-state index in [4.69, 9.17) is 15.9 Å². The monoisotopic (exact) mass is 792 g/mol. The Balaban J connectivity index is 1.38. The molecule has 0 spiro atoms. The number of methoxy groups -OCH3 is 2. The lowest BCUT2D eigenvalue weighted by Crippen LogP contribution is -2.55. The van der Waals surface area contributed by atoms with E-state index < -0.39 is 8.07 Å². The summed E-state index contributed by atoms with van der Waals surface area (Å²) in [5.74, 6) is 11.9. The average molecular weight is 792 g/mol. The lowest BCUT2D eigenvalue weighted by molar-refractivity contribution is 0.413. The third-order valence-electron chi connectivity index (χ3n) is 12.9. The molecule has 0 fully saturated rings. The minimum absolute atomic E-state index is 0.847. The molecule has 0 saturated carbocycles. The molecule has 0 amide bonds. The van der Waals surface area contributed by atoms with E-state index in [1.807, 2.05) is 0 Å². The minimum atomic E-state index is -2.11. The smallest absolute Gasteiger partial charge is 0.135 e. The van der Waals surface area contributed by atoms with Crippen molar-refractivity contribution < 1.29 is 9.47 Å². The molecule has 5 aromatic rings. The Bertz CT molecular complexity index is 2210. The fourth-order valence-electron chi connectivity index (χ4n) is 9.68. The van der Waals surface area contributed by atoms with E-state index in [0.29, 0.717) is 0 Å². The third-order valence-corrected chi connectivity index (χ3v) is 18.2. The van der Waals surface area contributed by atoms with Gasteiger partial charge in [0.1, 0.15) is 19.6 Å². The molecule has 1 aliphatic rings. The predicted molar refractivity (Wildman–Crippen MR) is 253 cm³/mol. The van der Waals surface area contributed by atoms with Crippen molar-refractivity contribution in [2.45, 2.75) is 155 Å². The van der Waals surface area contributed by atoms with Crippen LogP contribution in [-0.4, -0.2) is 26.9 Å². The predicted octanol–water partition coefficient (Wildman–Crippen LogP) is 13.8. The number of ether oxygens (including phenoxy) is 2. The van der Waals surface area contributed by atoms with Gasteiger partial charge in [-0.2, -0.15) is 0 Å². The van der Waals surface area contributed by atoms with Crippen molar-refractivity contribution >= 4 is 40.3 Å². The van der Waals surface area contributed by atoms with Gasteiger partial charge in [-0.1, -0.05) is 154 Å². The highest BCUT2D eigenvalue weighted by atomic mass is 28.3. The molecule has 1 aromatic heterocycles. The number of terminal acetylenes is 1. The molecular weight excluding hydrogens is 723 g/mol. The largest absolute Gasteiger partial charge is 0.497 e. The van der Waals surface area contributed by atoms with Crippen molar-refractivity contribution in [3.05, 3.63) is 83.4 Å². The first-order chi connectivity index (χ1) is 28.5. The molecular formula is C54H69NO2Si. The van der Waals surface area contributed by atoms with Crippen molar-refractivity contribution in [2.24, 2.45) is 0 Å². The Morgan fingerprint density at radius 3 is 1.67 bits per heavy atom. The topological polar surface area (TPSA) is 23.4 Å². The summed E-state index contributed by atoms with van der Waals surface area (Å²) < 4.78 is 14.5. The summed E-state index contributed by atoms with van der Waals surface area (Å²) in [6.07, 6.45) is 29.4. The summed E-state index contributed by atoms with van der Waals surface area (Å²) in [5.41, 5.74) is 8.11. The molecule has 3 nitrogen and oxygen atoms in total. The van der Waals surface area contributed by atoms with Gasteiger partial charge in [0.15, 0.2) is 0 Å². The highest BCUT2D eigenvalue weighted by molar-refractivity contribution is 7.05. The van der Waals surface area contributed by atoms with Crippen LogP contribution in [0.4, 0.5) is 0 Å².